The summed E-state index contributed by atoms with van der Waals surface area (Å²) in [5.74, 6) is 0.0123. The van der Waals surface area contributed by atoms with Gasteiger partial charge in [-0.15, -0.1) is 0 Å². The highest BCUT2D eigenvalue weighted by Gasteiger charge is 2.28. The van der Waals surface area contributed by atoms with Crippen molar-refractivity contribution in [3.05, 3.63) is 0 Å². The number of carbonyl (C=O) groups is 1. The topological polar surface area (TPSA) is 20.3 Å². The average Bonchev–Trinajstić information content (AvgIpc) is 2.17. The molecule has 6 heteroatoms. The monoisotopic (exact) mass is 301 g/mol. The van der Waals surface area contributed by atoms with Crippen molar-refractivity contribution in [2.75, 3.05) is 13.1 Å². The van der Waals surface area contributed by atoms with E-state index < -0.39 is 12.6 Å². The van der Waals surface area contributed by atoms with E-state index in [1.54, 1.807) is 4.90 Å². The van der Waals surface area contributed by atoms with Gasteiger partial charge in [-0.3, -0.25) is 4.79 Å². The largest absolute Gasteiger partial charge is 0.389 e. The van der Waals surface area contributed by atoms with E-state index in [1.807, 2.05) is 0 Å². The van der Waals surface area contributed by atoms with E-state index >= 15 is 0 Å². The number of unbranched alkanes of at least 4 members (excludes halogenated alkanes) is 1. The number of amides is 1. The van der Waals surface area contributed by atoms with Gasteiger partial charge in [0.15, 0.2) is 0 Å². The van der Waals surface area contributed by atoms with E-state index in [4.69, 9.17) is 0 Å². The molecular formula is C10H15BrF3NO. The summed E-state index contributed by atoms with van der Waals surface area (Å²) in [5.41, 5.74) is 0. The lowest BCUT2D eigenvalue weighted by atomic mass is 10.1. The Morgan fingerprint density at radius 2 is 2.06 bits per heavy atom. The van der Waals surface area contributed by atoms with Gasteiger partial charge in [0.2, 0.25) is 5.91 Å². The summed E-state index contributed by atoms with van der Waals surface area (Å²) in [7, 11) is 0. The number of alkyl halides is 4. The van der Waals surface area contributed by atoms with E-state index in [9.17, 15) is 18.0 Å². The number of hydrogen-bond acceptors (Lipinski definition) is 1. The minimum atomic E-state index is -4.08. The Hall–Kier alpha value is -0.260. The van der Waals surface area contributed by atoms with E-state index in [0.29, 0.717) is 19.5 Å². The molecular weight excluding hydrogens is 287 g/mol. The highest BCUT2D eigenvalue weighted by atomic mass is 79.9. The number of carbonyl (C=O) groups excluding carboxylic acids is 1. The standard InChI is InChI=1S/C10H15BrF3NO/c11-8-4-3-7-15(9(8)16)6-2-1-5-10(12,13)14/h8H,1-7H2. The molecule has 1 amide bonds. The lowest BCUT2D eigenvalue weighted by Crippen LogP contribution is -2.42. The third-order valence-electron chi connectivity index (χ3n) is 2.60. The van der Waals surface area contributed by atoms with Crippen molar-refractivity contribution < 1.29 is 18.0 Å². The molecule has 1 aliphatic rings. The van der Waals surface area contributed by atoms with Crippen LogP contribution in [0, 0.1) is 0 Å². The normalized spacial score (nSPS) is 22.6. The molecule has 1 fully saturated rings. The summed E-state index contributed by atoms with van der Waals surface area (Å²) in [6, 6.07) is 0. The molecule has 1 aliphatic heterocycles. The summed E-state index contributed by atoms with van der Waals surface area (Å²) >= 11 is 3.26. The van der Waals surface area contributed by atoms with Gasteiger partial charge in [-0.05, 0) is 25.7 Å². The Morgan fingerprint density at radius 1 is 1.38 bits per heavy atom. The summed E-state index contributed by atoms with van der Waals surface area (Å²) in [6.45, 7) is 1.12. The highest BCUT2D eigenvalue weighted by molar-refractivity contribution is 9.10. The summed E-state index contributed by atoms with van der Waals surface area (Å²) in [5, 5.41) is 0. The molecule has 0 spiro atoms. The zero-order valence-corrected chi connectivity index (χ0v) is 10.5. The van der Waals surface area contributed by atoms with E-state index in [-0.39, 0.29) is 17.2 Å². The van der Waals surface area contributed by atoms with Crippen LogP contribution in [0.1, 0.15) is 32.1 Å². The Balaban J connectivity index is 2.20. The van der Waals surface area contributed by atoms with Crippen molar-refractivity contribution in [2.24, 2.45) is 0 Å². The van der Waals surface area contributed by atoms with E-state index in [0.717, 1.165) is 12.8 Å². The first kappa shape index (κ1) is 13.8. The van der Waals surface area contributed by atoms with Gasteiger partial charge >= 0.3 is 6.18 Å². The molecule has 0 bridgehead atoms. The van der Waals surface area contributed by atoms with Gasteiger partial charge in [-0.2, -0.15) is 13.2 Å². The van der Waals surface area contributed by atoms with Crippen molar-refractivity contribution >= 4 is 21.8 Å². The van der Waals surface area contributed by atoms with Crippen LogP contribution < -0.4 is 0 Å². The first-order chi connectivity index (χ1) is 7.40. The van der Waals surface area contributed by atoms with Crippen molar-refractivity contribution in [3.63, 3.8) is 0 Å². The second kappa shape index (κ2) is 5.89. The molecule has 2 nitrogen and oxygen atoms in total. The van der Waals surface area contributed by atoms with Gasteiger partial charge in [0.25, 0.3) is 0 Å². The number of likely N-dealkylation sites (tertiary alicyclic amines) is 1. The van der Waals surface area contributed by atoms with Crippen LogP contribution in [0.25, 0.3) is 0 Å². The lowest BCUT2D eigenvalue weighted by Gasteiger charge is -2.29. The summed E-state index contributed by atoms with van der Waals surface area (Å²) < 4.78 is 35.6. The van der Waals surface area contributed by atoms with Gasteiger partial charge < -0.3 is 4.90 Å². The van der Waals surface area contributed by atoms with Crippen LogP contribution in [0.15, 0.2) is 0 Å². The quantitative estimate of drug-likeness (QED) is 0.577. The van der Waals surface area contributed by atoms with E-state index in [2.05, 4.69) is 15.9 Å². The Labute approximate surface area is 101 Å². The molecule has 94 valence electrons. The fourth-order valence-electron chi connectivity index (χ4n) is 1.74. The molecule has 1 atom stereocenters. The zero-order chi connectivity index (χ0) is 12.2. The molecule has 0 aromatic heterocycles. The number of rotatable bonds is 4. The predicted molar refractivity (Wildman–Crippen MR) is 58.4 cm³/mol. The molecule has 0 aromatic rings. The van der Waals surface area contributed by atoms with Crippen LogP contribution in [0.2, 0.25) is 0 Å². The maximum Gasteiger partial charge on any atom is 0.389 e. The smallest absolute Gasteiger partial charge is 0.342 e. The lowest BCUT2D eigenvalue weighted by molar-refractivity contribution is -0.136. The molecule has 1 rings (SSSR count). The first-order valence-corrected chi connectivity index (χ1v) is 6.31. The Morgan fingerprint density at radius 3 is 2.69 bits per heavy atom. The van der Waals surface area contributed by atoms with Crippen molar-refractivity contribution in [1.29, 1.82) is 0 Å². The third-order valence-corrected chi connectivity index (χ3v) is 3.45. The predicted octanol–water partition coefficient (Wildman–Crippen LogP) is 3.10. The Bertz CT molecular complexity index is 245. The SMILES string of the molecule is O=C1C(Br)CCCN1CCCCC(F)(F)F. The number of nitrogens with zero attached hydrogens (tertiary/aromatic N) is 1. The molecule has 0 aliphatic carbocycles. The zero-order valence-electron chi connectivity index (χ0n) is 8.89. The third kappa shape index (κ3) is 4.72. The highest BCUT2D eigenvalue weighted by Crippen LogP contribution is 2.23. The molecule has 1 unspecified atom stereocenters. The molecule has 1 saturated heterocycles. The van der Waals surface area contributed by atoms with Crippen LogP contribution in [0.4, 0.5) is 13.2 Å². The first-order valence-electron chi connectivity index (χ1n) is 5.40. The number of piperidine rings is 1. The van der Waals surface area contributed by atoms with Gasteiger partial charge in [0.05, 0.1) is 4.83 Å². The summed E-state index contributed by atoms with van der Waals surface area (Å²) in [6.07, 6.45) is -2.58. The molecule has 0 saturated carbocycles. The van der Waals surface area contributed by atoms with Crippen LogP contribution in [0.5, 0.6) is 0 Å². The molecule has 0 N–H and O–H groups in total. The number of hydrogen-bond donors (Lipinski definition) is 0. The fourth-order valence-corrected chi connectivity index (χ4v) is 2.36. The minimum Gasteiger partial charge on any atom is -0.342 e. The number of halogens is 4. The summed E-state index contributed by atoms with van der Waals surface area (Å²) in [4.78, 5) is 13.1. The van der Waals surface area contributed by atoms with Crippen LogP contribution >= 0.6 is 15.9 Å². The van der Waals surface area contributed by atoms with Crippen LogP contribution in [-0.2, 0) is 4.79 Å². The van der Waals surface area contributed by atoms with E-state index in [1.165, 1.54) is 0 Å². The molecule has 0 radical (unpaired) electrons. The molecule has 1 heterocycles. The van der Waals surface area contributed by atoms with Crippen LogP contribution in [0.3, 0.4) is 0 Å². The maximum absolute atomic E-state index is 11.9. The molecule has 0 aromatic carbocycles. The molecule has 16 heavy (non-hydrogen) atoms. The Kier molecular flexibility index (Phi) is 5.08. The maximum atomic E-state index is 11.9. The van der Waals surface area contributed by atoms with Gasteiger partial charge in [-0.25, -0.2) is 0 Å². The van der Waals surface area contributed by atoms with Gasteiger partial charge in [-0.1, -0.05) is 15.9 Å². The van der Waals surface area contributed by atoms with Crippen LogP contribution in [-0.4, -0.2) is 34.9 Å². The van der Waals surface area contributed by atoms with Crippen molar-refractivity contribution in [2.45, 2.75) is 43.1 Å². The fraction of sp³-hybridized carbons (Fsp3) is 0.900. The average molecular weight is 302 g/mol. The van der Waals surface area contributed by atoms with Gasteiger partial charge in [0.1, 0.15) is 0 Å². The second-order valence-electron chi connectivity index (χ2n) is 4.01. The van der Waals surface area contributed by atoms with Crippen molar-refractivity contribution in [3.8, 4) is 0 Å². The van der Waals surface area contributed by atoms with Gasteiger partial charge in [0, 0.05) is 19.5 Å². The van der Waals surface area contributed by atoms with Crippen molar-refractivity contribution in [1.82, 2.24) is 4.90 Å². The second-order valence-corrected chi connectivity index (χ2v) is 5.11. The minimum absolute atomic E-state index is 0.0123.